The van der Waals surface area contributed by atoms with Crippen LogP contribution in [0.15, 0.2) is 36.9 Å². The fourth-order valence-corrected chi connectivity index (χ4v) is 2.29. The molecule has 7 heteroatoms. The van der Waals surface area contributed by atoms with E-state index in [1.807, 2.05) is 0 Å². The Labute approximate surface area is 97.1 Å². The molecule has 16 heavy (non-hydrogen) atoms. The van der Waals surface area contributed by atoms with Crippen molar-refractivity contribution in [3.63, 3.8) is 0 Å². The minimum atomic E-state index is -3.54. The molecule has 0 radical (unpaired) electrons. The highest BCUT2D eigenvalue weighted by Gasteiger charge is 2.07. The van der Waals surface area contributed by atoms with Crippen LogP contribution in [0.25, 0.3) is 5.69 Å². The van der Waals surface area contributed by atoms with Crippen molar-refractivity contribution in [3.05, 3.63) is 42.5 Å². The summed E-state index contributed by atoms with van der Waals surface area (Å²) in [6, 6.07) is 6.95. The summed E-state index contributed by atoms with van der Waals surface area (Å²) in [6.45, 7) is 0. The maximum Gasteiger partial charge on any atom is 0.236 e. The third-order valence-corrected chi connectivity index (χ3v) is 2.94. The molecule has 2 aromatic rings. The van der Waals surface area contributed by atoms with Gasteiger partial charge in [0.05, 0.1) is 11.4 Å². The van der Waals surface area contributed by atoms with E-state index in [0.717, 1.165) is 5.69 Å². The van der Waals surface area contributed by atoms with Gasteiger partial charge in [0, 0.05) is 10.7 Å². The number of halogens is 1. The summed E-state index contributed by atoms with van der Waals surface area (Å²) < 4.78 is 23.4. The fraction of sp³-hybridized carbons (Fsp3) is 0.111. The van der Waals surface area contributed by atoms with Crippen LogP contribution in [-0.4, -0.2) is 23.2 Å². The molecule has 84 valence electrons. The van der Waals surface area contributed by atoms with Gasteiger partial charge in [0.25, 0.3) is 0 Å². The molecule has 0 bridgehead atoms. The summed E-state index contributed by atoms with van der Waals surface area (Å²) in [7, 11) is 1.65. The second-order valence-electron chi connectivity index (χ2n) is 3.19. The van der Waals surface area contributed by atoms with Crippen molar-refractivity contribution >= 4 is 19.7 Å². The molecule has 0 aliphatic rings. The standard InChI is InChI=1S/C9H8ClN3O2S/c10-16(14,15)5-8-2-1-3-9(4-8)13-7-11-6-12-13/h1-4,6-7H,5H2. The van der Waals surface area contributed by atoms with Crippen LogP contribution in [0.1, 0.15) is 5.56 Å². The van der Waals surface area contributed by atoms with Crippen molar-refractivity contribution in [3.8, 4) is 5.69 Å². The van der Waals surface area contributed by atoms with Gasteiger partial charge >= 0.3 is 0 Å². The van der Waals surface area contributed by atoms with E-state index < -0.39 is 9.05 Å². The first-order valence-electron chi connectivity index (χ1n) is 4.41. The first-order valence-corrected chi connectivity index (χ1v) is 6.89. The lowest BCUT2D eigenvalue weighted by Crippen LogP contribution is -1.98. The van der Waals surface area contributed by atoms with Crippen molar-refractivity contribution in [2.24, 2.45) is 0 Å². The molecule has 0 aliphatic heterocycles. The predicted molar refractivity (Wildman–Crippen MR) is 59.8 cm³/mol. The highest BCUT2D eigenvalue weighted by atomic mass is 35.7. The van der Waals surface area contributed by atoms with Crippen LogP contribution in [-0.2, 0) is 14.8 Å². The van der Waals surface area contributed by atoms with Gasteiger partial charge in [-0.05, 0) is 17.7 Å². The number of hydrogen-bond acceptors (Lipinski definition) is 4. The maximum absolute atomic E-state index is 10.9. The van der Waals surface area contributed by atoms with E-state index in [0.29, 0.717) is 5.56 Å². The SMILES string of the molecule is O=S(=O)(Cl)Cc1cccc(-n2cncn2)c1. The molecule has 1 aromatic carbocycles. The third-order valence-electron chi connectivity index (χ3n) is 1.93. The zero-order valence-corrected chi connectivity index (χ0v) is 9.69. The van der Waals surface area contributed by atoms with Crippen LogP contribution in [0.2, 0.25) is 0 Å². The zero-order valence-electron chi connectivity index (χ0n) is 8.12. The molecular formula is C9H8ClN3O2S. The molecule has 0 unspecified atom stereocenters. The number of benzene rings is 1. The van der Waals surface area contributed by atoms with E-state index in [4.69, 9.17) is 10.7 Å². The van der Waals surface area contributed by atoms with Crippen LogP contribution in [0.4, 0.5) is 0 Å². The van der Waals surface area contributed by atoms with Gasteiger partial charge in [0.1, 0.15) is 12.7 Å². The molecule has 0 saturated carbocycles. The molecule has 0 saturated heterocycles. The summed E-state index contributed by atoms with van der Waals surface area (Å²) >= 11 is 0. The van der Waals surface area contributed by atoms with Crippen molar-refractivity contribution < 1.29 is 8.42 Å². The van der Waals surface area contributed by atoms with E-state index in [9.17, 15) is 8.42 Å². The quantitative estimate of drug-likeness (QED) is 0.779. The van der Waals surface area contributed by atoms with E-state index in [1.165, 1.54) is 12.7 Å². The monoisotopic (exact) mass is 257 g/mol. The lowest BCUT2D eigenvalue weighted by atomic mass is 10.2. The minimum absolute atomic E-state index is 0.197. The molecule has 0 spiro atoms. The summed E-state index contributed by atoms with van der Waals surface area (Å²) in [4.78, 5) is 3.81. The second-order valence-corrected chi connectivity index (χ2v) is 5.97. The van der Waals surface area contributed by atoms with Crippen LogP contribution in [0.5, 0.6) is 0 Å². The average Bonchev–Trinajstić information content (AvgIpc) is 2.68. The van der Waals surface area contributed by atoms with Gasteiger partial charge in [-0.15, -0.1) is 0 Å². The Hall–Kier alpha value is -1.40. The Kier molecular flexibility index (Phi) is 2.93. The molecule has 0 fully saturated rings. The van der Waals surface area contributed by atoms with Crippen LogP contribution in [0, 0.1) is 0 Å². The van der Waals surface area contributed by atoms with Crippen LogP contribution < -0.4 is 0 Å². The Bertz CT molecular complexity index is 581. The summed E-state index contributed by atoms with van der Waals surface area (Å²) in [5.74, 6) is -0.197. The van der Waals surface area contributed by atoms with Crippen molar-refractivity contribution in [2.45, 2.75) is 5.75 Å². The van der Waals surface area contributed by atoms with Gasteiger partial charge in [0.2, 0.25) is 9.05 Å². The molecule has 0 aliphatic carbocycles. The van der Waals surface area contributed by atoms with Crippen molar-refractivity contribution in [1.29, 1.82) is 0 Å². The number of rotatable bonds is 3. The van der Waals surface area contributed by atoms with Gasteiger partial charge in [-0.25, -0.2) is 18.1 Å². The lowest BCUT2D eigenvalue weighted by Gasteiger charge is -2.02. The molecule has 1 heterocycles. The van der Waals surface area contributed by atoms with Gasteiger partial charge < -0.3 is 0 Å². The van der Waals surface area contributed by atoms with Crippen LogP contribution in [0.3, 0.4) is 0 Å². The Morgan fingerprint density at radius 2 is 2.19 bits per heavy atom. The Morgan fingerprint density at radius 1 is 1.38 bits per heavy atom. The Morgan fingerprint density at radius 3 is 2.81 bits per heavy atom. The zero-order chi connectivity index (χ0) is 11.6. The van der Waals surface area contributed by atoms with Gasteiger partial charge in [-0.1, -0.05) is 12.1 Å². The molecule has 0 atom stereocenters. The van der Waals surface area contributed by atoms with Crippen molar-refractivity contribution in [2.75, 3.05) is 0 Å². The number of nitrogens with zero attached hydrogens (tertiary/aromatic N) is 3. The average molecular weight is 258 g/mol. The van der Waals surface area contributed by atoms with Crippen molar-refractivity contribution in [1.82, 2.24) is 14.8 Å². The van der Waals surface area contributed by atoms with E-state index in [1.54, 1.807) is 28.9 Å². The molecule has 1 aromatic heterocycles. The van der Waals surface area contributed by atoms with E-state index in [-0.39, 0.29) is 5.75 Å². The van der Waals surface area contributed by atoms with E-state index in [2.05, 4.69) is 10.1 Å². The van der Waals surface area contributed by atoms with Gasteiger partial charge in [0.15, 0.2) is 0 Å². The summed E-state index contributed by atoms with van der Waals surface area (Å²) in [5.41, 5.74) is 1.36. The topological polar surface area (TPSA) is 64.8 Å². The van der Waals surface area contributed by atoms with Gasteiger partial charge in [-0.2, -0.15) is 5.10 Å². The van der Waals surface area contributed by atoms with E-state index >= 15 is 0 Å². The second kappa shape index (κ2) is 4.23. The smallest absolute Gasteiger partial charge is 0.223 e. The largest absolute Gasteiger partial charge is 0.236 e. The highest BCUT2D eigenvalue weighted by Crippen LogP contribution is 2.13. The fourth-order valence-electron chi connectivity index (χ4n) is 1.33. The first-order chi connectivity index (χ1) is 7.54. The minimum Gasteiger partial charge on any atom is -0.223 e. The van der Waals surface area contributed by atoms with Crippen LogP contribution >= 0.6 is 10.7 Å². The maximum atomic E-state index is 10.9. The Balaban J connectivity index is 2.34. The van der Waals surface area contributed by atoms with Gasteiger partial charge in [-0.3, -0.25) is 0 Å². The molecule has 0 N–H and O–H groups in total. The first kappa shape index (κ1) is 11.1. The number of hydrogen-bond donors (Lipinski definition) is 0. The highest BCUT2D eigenvalue weighted by molar-refractivity contribution is 8.13. The number of aromatic nitrogens is 3. The summed E-state index contributed by atoms with van der Waals surface area (Å²) in [6.07, 6.45) is 2.94. The predicted octanol–water partition coefficient (Wildman–Crippen LogP) is 1.34. The lowest BCUT2D eigenvalue weighted by molar-refractivity contribution is 0.609. The molecule has 0 amide bonds. The third kappa shape index (κ3) is 2.80. The molecule has 2 rings (SSSR count). The normalized spacial score (nSPS) is 11.6. The molecular weight excluding hydrogens is 250 g/mol. The summed E-state index contributed by atoms with van der Waals surface area (Å²) in [5, 5.41) is 3.95. The molecule has 5 nitrogen and oxygen atoms in total.